The molecule has 0 aliphatic heterocycles. The number of halogens is 3. The van der Waals surface area contributed by atoms with E-state index in [4.69, 9.17) is 23.8 Å². The van der Waals surface area contributed by atoms with Gasteiger partial charge in [-0.15, -0.1) is 13.2 Å². The summed E-state index contributed by atoms with van der Waals surface area (Å²) in [4.78, 5) is 37.7. The lowest BCUT2D eigenvalue weighted by molar-refractivity contribution is -0.274. The minimum absolute atomic E-state index is 0.0534. The Hall–Kier alpha value is -3.03. The van der Waals surface area contributed by atoms with Gasteiger partial charge < -0.3 is 29.0 Å². The molecule has 0 aliphatic rings. The first kappa shape index (κ1) is 28.5. The maximum Gasteiger partial charge on any atom is 0.573 e. The van der Waals surface area contributed by atoms with Crippen LogP contribution in [0.5, 0.6) is 17.2 Å². The molecule has 0 amide bonds. The Kier molecular flexibility index (Phi) is 8.60. The van der Waals surface area contributed by atoms with Gasteiger partial charge in [-0.3, -0.25) is 9.32 Å². The smallest absolute Gasteiger partial charge is 0.493 e. The van der Waals surface area contributed by atoms with E-state index < -0.39 is 31.1 Å². The van der Waals surface area contributed by atoms with Gasteiger partial charge in [0.05, 0.1) is 12.8 Å². The molecule has 0 spiro atoms. The monoisotopic (exact) mass is 562 g/mol. The van der Waals surface area contributed by atoms with Crippen LogP contribution in [0.25, 0.3) is 11.3 Å². The average Bonchev–Trinajstić information content (AvgIpc) is 2.78. The summed E-state index contributed by atoms with van der Waals surface area (Å²) in [6.45, 7) is 2.71. The quantitative estimate of drug-likeness (QED) is 0.296. The van der Waals surface area contributed by atoms with Crippen LogP contribution in [0, 0.1) is 0 Å². The summed E-state index contributed by atoms with van der Waals surface area (Å²) in [6, 6.07) is 9.77. The molecule has 3 aromatic rings. The molecular formula is C22H22F3N2O8PS. The molecule has 0 aliphatic carbocycles. The van der Waals surface area contributed by atoms with E-state index in [1.54, 1.807) is 18.2 Å². The molecule has 37 heavy (non-hydrogen) atoms. The van der Waals surface area contributed by atoms with Crippen LogP contribution >= 0.6 is 19.6 Å². The molecule has 1 aromatic heterocycles. The van der Waals surface area contributed by atoms with Crippen LogP contribution in [0.15, 0.2) is 63.4 Å². The molecule has 0 fully saturated rings. The fourth-order valence-electron chi connectivity index (χ4n) is 2.97. The molecule has 3 N–H and O–H groups in total. The fraction of sp³-hybridized carbons (Fsp3) is 0.273. The molecule has 0 saturated heterocycles. The van der Waals surface area contributed by atoms with Crippen LogP contribution < -0.4 is 19.8 Å². The van der Waals surface area contributed by atoms with Crippen LogP contribution in [0.1, 0.15) is 13.8 Å². The molecule has 2 aromatic carbocycles. The van der Waals surface area contributed by atoms with Gasteiger partial charge in [-0.05, 0) is 56.3 Å². The van der Waals surface area contributed by atoms with Crippen molar-refractivity contribution in [3.8, 4) is 28.5 Å². The van der Waals surface area contributed by atoms with E-state index in [1.807, 2.05) is 0 Å². The molecule has 0 atom stereocenters. The lowest BCUT2D eigenvalue weighted by atomic mass is 10.1. The van der Waals surface area contributed by atoms with Crippen molar-refractivity contribution < 1.29 is 46.3 Å². The predicted octanol–water partition coefficient (Wildman–Crippen LogP) is 4.76. The van der Waals surface area contributed by atoms with E-state index in [0.29, 0.717) is 16.2 Å². The SMILES string of the molecule is COc1cc(-c2c[nH]c(=O)c(Sc3ccc(OC(F)(F)F)cc3)n2)ccc1OCC(C)(C)OP(=O)(O)O. The maximum absolute atomic E-state index is 12.3. The zero-order chi connectivity index (χ0) is 27.4. The third-order valence-corrected chi connectivity index (χ3v) is 6.14. The number of phosphoric acid groups is 1. The predicted molar refractivity (Wildman–Crippen MR) is 127 cm³/mol. The minimum atomic E-state index is -4.81. The van der Waals surface area contributed by atoms with Crippen molar-refractivity contribution in [3.05, 3.63) is 59.0 Å². The molecule has 3 rings (SSSR count). The highest BCUT2D eigenvalue weighted by Gasteiger charge is 2.31. The van der Waals surface area contributed by atoms with Gasteiger partial charge in [0, 0.05) is 16.7 Å². The van der Waals surface area contributed by atoms with Crippen molar-refractivity contribution in [1.82, 2.24) is 9.97 Å². The van der Waals surface area contributed by atoms with E-state index >= 15 is 0 Å². The molecule has 0 saturated carbocycles. The fourth-order valence-corrected chi connectivity index (χ4v) is 4.46. The number of phosphoric ester groups is 1. The summed E-state index contributed by atoms with van der Waals surface area (Å²) >= 11 is 0.953. The highest BCUT2D eigenvalue weighted by molar-refractivity contribution is 7.99. The van der Waals surface area contributed by atoms with E-state index in [9.17, 15) is 22.5 Å². The van der Waals surface area contributed by atoms with Crippen LogP contribution in [0.4, 0.5) is 13.2 Å². The van der Waals surface area contributed by atoms with Crippen molar-refractivity contribution in [2.45, 2.75) is 35.7 Å². The number of hydrogen-bond donors (Lipinski definition) is 3. The van der Waals surface area contributed by atoms with E-state index in [2.05, 4.69) is 14.7 Å². The largest absolute Gasteiger partial charge is 0.573 e. The summed E-state index contributed by atoms with van der Waals surface area (Å²) in [7, 11) is -3.32. The first-order valence-electron chi connectivity index (χ1n) is 10.3. The number of nitrogens with zero attached hydrogens (tertiary/aromatic N) is 1. The average molecular weight is 562 g/mol. The summed E-state index contributed by atoms with van der Waals surface area (Å²) in [5, 5.41) is 0.0534. The van der Waals surface area contributed by atoms with Gasteiger partial charge in [-0.1, -0.05) is 11.8 Å². The van der Waals surface area contributed by atoms with Gasteiger partial charge in [-0.2, -0.15) is 0 Å². The summed E-state index contributed by atoms with van der Waals surface area (Å²) in [5.74, 6) is 0.166. The number of aromatic nitrogens is 2. The lowest BCUT2D eigenvalue weighted by Gasteiger charge is -2.25. The highest BCUT2D eigenvalue weighted by atomic mass is 32.2. The van der Waals surface area contributed by atoms with Crippen LogP contribution in [-0.4, -0.2) is 45.4 Å². The second-order valence-electron chi connectivity index (χ2n) is 8.04. The topological polar surface area (TPSA) is 140 Å². The van der Waals surface area contributed by atoms with Gasteiger partial charge >= 0.3 is 14.2 Å². The summed E-state index contributed by atoms with van der Waals surface area (Å²) in [5.41, 5.74) is -0.883. The highest BCUT2D eigenvalue weighted by Crippen LogP contribution is 2.42. The Labute approximate surface area is 213 Å². The van der Waals surface area contributed by atoms with Crippen molar-refractivity contribution in [1.29, 1.82) is 0 Å². The number of methoxy groups -OCH3 is 1. The van der Waals surface area contributed by atoms with Gasteiger partial charge in [-0.25, -0.2) is 9.55 Å². The Morgan fingerprint density at radius 1 is 1.08 bits per heavy atom. The number of hydrogen-bond acceptors (Lipinski definition) is 8. The Balaban J connectivity index is 1.78. The molecule has 1 heterocycles. The molecular weight excluding hydrogens is 540 g/mol. The number of aromatic amines is 1. The first-order valence-corrected chi connectivity index (χ1v) is 12.7. The standard InChI is InChI=1S/C22H22F3N2O8PS/c1-21(2,35-36(29,30)31)12-33-17-9-4-13(10-18(17)32-3)16-11-26-19(28)20(27-16)37-15-7-5-14(6-8-15)34-22(23,24)25/h4-11H,12H2,1-3H3,(H,26,28)(H2,29,30,31). The van der Waals surface area contributed by atoms with E-state index in [0.717, 1.165) is 23.9 Å². The zero-order valence-electron chi connectivity index (χ0n) is 19.6. The Morgan fingerprint density at radius 3 is 2.35 bits per heavy atom. The minimum Gasteiger partial charge on any atom is -0.493 e. The molecule has 0 unspecified atom stereocenters. The number of alkyl halides is 3. The van der Waals surface area contributed by atoms with Crippen molar-refractivity contribution in [3.63, 3.8) is 0 Å². The third-order valence-electron chi connectivity index (χ3n) is 4.43. The van der Waals surface area contributed by atoms with Crippen LogP contribution in [-0.2, 0) is 9.09 Å². The number of benzene rings is 2. The third kappa shape index (κ3) is 8.79. The van der Waals surface area contributed by atoms with Crippen LogP contribution in [0.2, 0.25) is 0 Å². The number of rotatable bonds is 10. The molecule has 15 heteroatoms. The summed E-state index contributed by atoms with van der Waals surface area (Å²) < 4.78 is 67.7. The first-order chi connectivity index (χ1) is 17.1. The molecule has 10 nitrogen and oxygen atoms in total. The van der Waals surface area contributed by atoms with Crippen LogP contribution in [0.3, 0.4) is 0 Å². The Bertz CT molecular complexity index is 1340. The lowest BCUT2D eigenvalue weighted by Crippen LogP contribution is -2.31. The van der Waals surface area contributed by atoms with Crippen molar-refractivity contribution in [2.75, 3.05) is 13.7 Å². The normalized spacial score (nSPS) is 12.3. The van der Waals surface area contributed by atoms with E-state index in [-0.39, 0.29) is 23.1 Å². The molecule has 200 valence electrons. The van der Waals surface area contributed by atoms with Crippen molar-refractivity contribution >= 4 is 19.6 Å². The molecule has 0 bridgehead atoms. The maximum atomic E-state index is 12.3. The van der Waals surface area contributed by atoms with Gasteiger partial charge in [0.25, 0.3) is 5.56 Å². The second kappa shape index (κ2) is 11.2. The van der Waals surface area contributed by atoms with Gasteiger partial charge in [0.15, 0.2) is 16.5 Å². The van der Waals surface area contributed by atoms with Gasteiger partial charge in [0.1, 0.15) is 18.0 Å². The Morgan fingerprint density at radius 2 is 1.76 bits per heavy atom. The summed E-state index contributed by atoms with van der Waals surface area (Å²) in [6.07, 6.45) is -3.42. The molecule has 0 radical (unpaired) electrons. The zero-order valence-corrected chi connectivity index (χ0v) is 21.3. The second-order valence-corrected chi connectivity index (χ2v) is 10.3. The van der Waals surface area contributed by atoms with E-state index in [1.165, 1.54) is 39.3 Å². The number of H-pyrrole nitrogens is 1. The van der Waals surface area contributed by atoms with Gasteiger partial charge in [0.2, 0.25) is 0 Å². The number of ether oxygens (including phenoxy) is 3. The van der Waals surface area contributed by atoms with Crippen molar-refractivity contribution in [2.24, 2.45) is 0 Å². The number of nitrogens with one attached hydrogen (secondary N) is 1.